The number of amides is 1. The Hall–Kier alpha value is -0.560. The standard InChI is InChI=1S/C15H21NO3S2/c1-15(2)9-16(6-11(7-17)19-15)14(18)13-5-10-8-20-4-3-12(10)21-13/h5,11,17H,3-4,6-9H2,1-2H3. The molecular weight excluding hydrogens is 306 g/mol. The lowest BCUT2D eigenvalue weighted by atomic mass is 10.0. The van der Waals surface area contributed by atoms with Gasteiger partial charge in [0.05, 0.1) is 23.2 Å². The summed E-state index contributed by atoms with van der Waals surface area (Å²) in [6, 6.07) is 2.06. The van der Waals surface area contributed by atoms with Gasteiger partial charge in [-0.05, 0) is 37.7 Å². The third-order valence-corrected chi connectivity index (χ3v) is 6.04. The zero-order valence-corrected chi connectivity index (χ0v) is 14.1. The van der Waals surface area contributed by atoms with Gasteiger partial charge in [-0.25, -0.2) is 0 Å². The molecule has 1 aromatic heterocycles. The fraction of sp³-hybridized carbons (Fsp3) is 0.667. The summed E-state index contributed by atoms with van der Waals surface area (Å²) in [5.74, 6) is 2.25. The summed E-state index contributed by atoms with van der Waals surface area (Å²) in [5.41, 5.74) is 0.916. The summed E-state index contributed by atoms with van der Waals surface area (Å²) in [6.07, 6.45) is 0.786. The maximum absolute atomic E-state index is 12.8. The number of fused-ring (bicyclic) bond motifs is 1. The number of aliphatic hydroxyl groups is 1. The van der Waals surface area contributed by atoms with Gasteiger partial charge in [-0.15, -0.1) is 11.3 Å². The van der Waals surface area contributed by atoms with Crippen LogP contribution in [0.5, 0.6) is 0 Å². The van der Waals surface area contributed by atoms with E-state index in [1.54, 1.807) is 11.3 Å². The molecule has 0 aromatic carbocycles. The fourth-order valence-corrected chi connectivity index (χ4v) is 5.29. The van der Waals surface area contributed by atoms with E-state index in [-0.39, 0.29) is 18.6 Å². The fourth-order valence-electron chi connectivity index (χ4n) is 2.95. The van der Waals surface area contributed by atoms with Gasteiger partial charge in [-0.1, -0.05) is 0 Å². The Labute approximate surface area is 133 Å². The lowest BCUT2D eigenvalue weighted by molar-refractivity contribution is -0.139. The number of thiophene rings is 1. The van der Waals surface area contributed by atoms with Crippen molar-refractivity contribution in [3.05, 3.63) is 21.4 Å². The Morgan fingerprint density at radius 3 is 3.10 bits per heavy atom. The molecule has 2 aliphatic rings. The molecule has 1 unspecified atom stereocenters. The van der Waals surface area contributed by atoms with Crippen molar-refractivity contribution in [2.45, 2.75) is 37.7 Å². The lowest BCUT2D eigenvalue weighted by Gasteiger charge is -2.42. The van der Waals surface area contributed by atoms with E-state index in [4.69, 9.17) is 4.74 Å². The summed E-state index contributed by atoms with van der Waals surface area (Å²) in [6.45, 7) is 4.91. The topological polar surface area (TPSA) is 49.8 Å². The number of aryl methyl sites for hydroxylation is 1. The van der Waals surface area contributed by atoms with Gasteiger partial charge in [0.15, 0.2) is 0 Å². The first-order valence-corrected chi connectivity index (χ1v) is 9.23. The van der Waals surface area contributed by atoms with Crippen LogP contribution in [-0.4, -0.2) is 53.1 Å². The maximum atomic E-state index is 12.8. The van der Waals surface area contributed by atoms with Crippen LogP contribution >= 0.6 is 23.1 Å². The van der Waals surface area contributed by atoms with Gasteiger partial charge in [0.1, 0.15) is 0 Å². The highest BCUT2D eigenvalue weighted by Gasteiger charge is 2.36. The molecule has 1 atom stereocenters. The van der Waals surface area contributed by atoms with Crippen LogP contribution in [0.15, 0.2) is 6.07 Å². The van der Waals surface area contributed by atoms with Crippen LogP contribution in [0.4, 0.5) is 0 Å². The highest BCUT2D eigenvalue weighted by atomic mass is 32.2. The average Bonchev–Trinajstić information content (AvgIpc) is 2.88. The SMILES string of the molecule is CC1(C)CN(C(=O)c2cc3c(s2)CCSC3)CC(CO)O1. The second-order valence-electron chi connectivity index (χ2n) is 6.23. The number of nitrogens with zero attached hydrogens (tertiary/aromatic N) is 1. The Kier molecular flexibility index (Phi) is 4.32. The highest BCUT2D eigenvalue weighted by Crippen LogP contribution is 2.33. The first-order chi connectivity index (χ1) is 9.98. The van der Waals surface area contributed by atoms with E-state index in [0.717, 1.165) is 22.8 Å². The van der Waals surface area contributed by atoms with Gasteiger partial charge >= 0.3 is 0 Å². The Morgan fingerprint density at radius 1 is 1.57 bits per heavy atom. The van der Waals surface area contributed by atoms with Crippen molar-refractivity contribution in [1.82, 2.24) is 4.90 Å². The molecular formula is C15H21NO3S2. The predicted molar refractivity (Wildman–Crippen MR) is 86.1 cm³/mol. The Balaban J connectivity index is 1.79. The average molecular weight is 327 g/mol. The molecule has 2 aliphatic heterocycles. The number of carbonyl (C=O) groups excluding carboxylic acids is 1. The highest BCUT2D eigenvalue weighted by molar-refractivity contribution is 7.98. The summed E-state index contributed by atoms with van der Waals surface area (Å²) in [7, 11) is 0. The number of ether oxygens (including phenoxy) is 1. The van der Waals surface area contributed by atoms with Crippen LogP contribution in [0.25, 0.3) is 0 Å². The van der Waals surface area contributed by atoms with E-state index >= 15 is 0 Å². The van der Waals surface area contributed by atoms with Crippen molar-refractivity contribution in [1.29, 1.82) is 0 Å². The number of aliphatic hydroxyl groups excluding tert-OH is 1. The van der Waals surface area contributed by atoms with Crippen molar-refractivity contribution in [2.24, 2.45) is 0 Å². The molecule has 0 saturated carbocycles. The maximum Gasteiger partial charge on any atom is 0.264 e. The van der Waals surface area contributed by atoms with Crippen molar-refractivity contribution < 1.29 is 14.6 Å². The van der Waals surface area contributed by atoms with Crippen molar-refractivity contribution in [3.63, 3.8) is 0 Å². The minimum absolute atomic E-state index is 0.0508. The monoisotopic (exact) mass is 327 g/mol. The molecule has 3 rings (SSSR count). The molecule has 1 amide bonds. The quantitative estimate of drug-likeness (QED) is 0.904. The molecule has 116 valence electrons. The van der Waals surface area contributed by atoms with E-state index in [0.29, 0.717) is 13.1 Å². The van der Waals surface area contributed by atoms with E-state index < -0.39 is 5.60 Å². The molecule has 0 spiro atoms. The first kappa shape index (κ1) is 15.3. The van der Waals surface area contributed by atoms with Crippen LogP contribution in [0.2, 0.25) is 0 Å². The van der Waals surface area contributed by atoms with E-state index in [1.807, 2.05) is 30.5 Å². The first-order valence-electron chi connectivity index (χ1n) is 7.26. The van der Waals surface area contributed by atoms with Gasteiger partial charge in [-0.2, -0.15) is 11.8 Å². The third kappa shape index (κ3) is 3.28. The molecule has 6 heteroatoms. The lowest BCUT2D eigenvalue weighted by Crippen LogP contribution is -2.55. The van der Waals surface area contributed by atoms with Gasteiger partial charge in [-0.3, -0.25) is 4.79 Å². The van der Waals surface area contributed by atoms with Crippen LogP contribution in [0.3, 0.4) is 0 Å². The van der Waals surface area contributed by atoms with Crippen molar-refractivity contribution >= 4 is 29.0 Å². The van der Waals surface area contributed by atoms with E-state index in [1.165, 1.54) is 10.4 Å². The van der Waals surface area contributed by atoms with Crippen molar-refractivity contribution in [3.8, 4) is 0 Å². The zero-order valence-electron chi connectivity index (χ0n) is 12.4. The van der Waals surface area contributed by atoms with Gasteiger partial charge in [0.2, 0.25) is 0 Å². The molecule has 1 fully saturated rings. The second-order valence-corrected chi connectivity index (χ2v) is 8.47. The molecule has 3 heterocycles. The van der Waals surface area contributed by atoms with Crippen LogP contribution < -0.4 is 0 Å². The Bertz CT molecular complexity index is 518. The predicted octanol–water partition coefficient (Wildman–Crippen LogP) is 2.15. The molecule has 0 radical (unpaired) electrons. The minimum Gasteiger partial charge on any atom is -0.394 e. The van der Waals surface area contributed by atoms with Crippen LogP contribution in [0.1, 0.15) is 34.0 Å². The largest absolute Gasteiger partial charge is 0.394 e. The van der Waals surface area contributed by atoms with E-state index in [2.05, 4.69) is 6.07 Å². The molecule has 1 aromatic rings. The number of rotatable bonds is 2. The number of thioether (sulfide) groups is 1. The van der Waals surface area contributed by atoms with Gasteiger partial charge in [0.25, 0.3) is 5.91 Å². The van der Waals surface area contributed by atoms with Crippen LogP contribution in [-0.2, 0) is 16.9 Å². The van der Waals surface area contributed by atoms with Gasteiger partial charge < -0.3 is 14.7 Å². The molecule has 0 bridgehead atoms. The van der Waals surface area contributed by atoms with Gasteiger partial charge in [0, 0.05) is 23.7 Å². The van der Waals surface area contributed by atoms with Crippen LogP contribution in [0, 0.1) is 0 Å². The number of morpholine rings is 1. The second kappa shape index (κ2) is 5.91. The summed E-state index contributed by atoms with van der Waals surface area (Å²) >= 11 is 3.57. The summed E-state index contributed by atoms with van der Waals surface area (Å²) in [4.78, 5) is 16.8. The molecule has 21 heavy (non-hydrogen) atoms. The zero-order chi connectivity index (χ0) is 15.0. The summed E-state index contributed by atoms with van der Waals surface area (Å²) < 4.78 is 5.78. The third-order valence-electron chi connectivity index (χ3n) is 3.81. The molecule has 1 N–H and O–H groups in total. The number of carbonyl (C=O) groups is 1. The van der Waals surface area contributed by atoms with Crippen molar-refractivity contribution in [2.75, 3.05) is 25.4 Å². The molecule has 0 aliphatic carbocycles. The number of hydrogen-bond donors (Lipinski definition) is 1. The molecule has 1 saturated heterocycles. The smallest absolute Gasteiger partial charge is 0.264 e. The number of hydrogen-bond acceptors (Lipinski definition) is 5. The minimum atomic E-state index is -0.409. The molecule has 4 nitrogen and oxygen atoms in total. The Morgan fingerprint density at radius 2 is 2.38 bits per heavy atom. The summed E-state index contributed by atoms with van der Waals surface area (Å²) in [5, 5.41) is 9.36. The normalized spacial score (nSPS) is 24.7. The van der Waals surface area contributed by atoms with E-state index in [9.17, 15) is 9.90 Å².